The SMILES string of the molecule is CC/C=C/C/C=C/C/C=C/CCCCCCCCCCCCCC(=O)OCC(CO[C@@H]1O[C@H](CO[C@@H]2O[C@H](CO)[C@H](O)C(O)C2O)[C@H](O)C(O)C1O)OC(=O)CC/C=C/C/C=C/CCCCCCCC. The molecule has 404 valence electrons. The van der Waals surface area contributed by atoms with Crippen LogP contribution in [0.2, 0.25) is 0 Å². The summed E-state index contributed by atoms with van der Waals surface area (Å²) in [5.74, 6) is -1.01. The van der Waals surface area contributed by atoms with Crippen LogP contribution in [0.25, 0.3) is 0 Å². The fraction of sp³-hybridized carbons (Fsp3) is 0.782. The first-order chi connectivity index (χ1) is 34.0. The number of allylic oxidation sites excluding steroid dienone is 10. The van der Waals surface area contributed by atoms with Crippen LogP contribution >= 0.6 is 0 Å². The van der Waals surface area contributed by atoms with Crippen molar-refractivity contribution in [2.45, 2.75) is 248 Å². The van der Waals surface area contributed by atoms with Crippen LogP contribution in [0.3, 0.4) is 0 Å². The Labute approximate surface area is 420 Å². The molecule has 0 bridgehead atoms. The second-order valence-electron chi connectivity index (χ2n) is 18.7. The van der Waals surface area contributed by atoms with Crippen molar-refractivity contribution in [3.8, 4) is 0 Å². The Balaban J connectivity index is 1.78. The Morgan fingerprint density at radius 3 is 1.47 bits per heavy atom. The molecule has 70 heavy (non-hydrogen) atoms. The van der Waals surface area contributed by atoms with Gasteiger partial charge >= 0.3 is 11.9 Å². The van der Waals surface area contributed by atoms with Crippen molar-refractivity contribution in [1.82, 2.24) is 0 Å². The Kier molecular flexibility index (Phi) is 37.7. The van der Waals surface area contributed by atoms with Crippen molar-refractivity contribution in [1.29, 1.82) is 0 Å². The highest BCUT2D eigenvalue weighted by Crippen LogP contribution is 2.26. The average molecular weight is 995 g/mol. The molecule has 0 aromatic heterocycles. The minimum atomic E-state index is -1.78. The minimum absolute atomic E-state index is 0.0570. The Morgan fingerprint density at radius 2 is 0.929 bits per heavy atom. The largest absolute Gasteiger partial charge is 0.462 e. The topological polar surface area (TPSA) is 231 Å². The summed E-state index contributed by atoms with van der Waals surface area (Å²) in [5.41, 5.74) is 0. The summed E-state index contributed by atoms with van der Waals surface area (Å²) < 4.78 is 33.5. The van der Waals surface area contributed by atoms with Gasteiger partial charge in [0.1, 0.15) is 55.4 Å². The van der Waals surface area contributed by atoms with Gasteiger partial charge in [0.2, 0.25) is 0 Å². The lowest BCUT2D eigenvalue weighted by atomic mass is 9.98. The quantitative estimate of drug-likeness (QED) is 0.0175. The van der Waals surface area contributed by atoms with Gasteiger partial charge in [-0.3, -0.25) is 9.59 Å². The van der Waals surface area contributed by atoms with E-state index < -0.39 is 99.3 Å². The summed E-state index contributed by atoms with van der Waals surface area (Å²) in [6.45, 7) is 2.41. The Hall–Kier alpha value is -2.80. The molecule has 0 aromatic carbocycles. The van der Waals surface area contributed by atoms with E-state index in [9.17, 15) is 45.3 Å². The summed E-state index contributed by atoms with van der Waals surface area (Å²) in [6, 6.07) is 0. The van der Waals surface area contributed by atoms with E-state index >= 15 is 0 Å². The second-order valence-corrected chi connectivity index (χ2v) is 18.7. The third-order valence-corrected chi connectivity index (χ3v) is 12.5. The molecule has 0 aliphatic carbocycles. The number of ether oxygens (including phenoxy) is 6. The molecule has 0 aromatic rings. The lowest BCUT2D eigenvalue weighted by Gasteiger charge is -2.42. The zero-order valence-electron chi connectivity index (χ0n) is 42.7. The summed E-state index contributed by atoms with van der Waals surface area (Å²) in [4.78, 5) is 25.8. The van der Waals surface area contributed by atoms with E-state index in [2.05, 4.69) is 62.5 Å². The molecule has 11 atom stereocenters. The van der Waals surface area contributed by atoms with Gasteiger partial charge < -0.3 is 64.2 Å². The summed E-state index contributed by atoms with van der Waals surface area (Å²) in [6.07, 6.45) is 31.2. The van der Waals surface area contributed by atoms with E-state index in [1.165, 1.54) is 83.5 Å². The number of hydrogen-bond acceptors (Lipinski definition) is 15. The van der Waals surface area contributed by atoms with Crippen LogP contribution in [0, 0.1) is 0 Å². The Morgan fingerprint density at radius 1 is 0.471 bits per heavy atom. The number of hydrogen-bond donors (Lipinski definition) is 7. The van der Waals surface area contributed by atoms with Crippen LogP contribution in [0.4, 0.5) is 0 Å². The fourth-order valence-corrected chi connectivity index (χ4v) is 8.11. The average Bonchev–Trinajstić information content (AvgIpc) is 3.35. The van der Waals surface area contributed by atoms with Crippen LogP contribution in [0.5, 0.6) is 0 Å². The molecular formula is C55H94O15. The molecule has 2 aliphatic heterocycles. The van der Waals surface area contributed by atoms with E-state index in [1.54, 1.807) is 0 Å². The standard InChI is InChI=1S/C55H94O15/c1-3-5-7-9-11-13-15-17-18-19-20-21-22-23-24-26-27-29-31-33-35-37-46(57)65-40-43(68-47(58)38-36-34-32-30-28-25-16-14-12-10-8-6-4-2)41-66-54-53(64)51(62)49(60)45(70-54)42-67-55-52(63)50(61)48(59)44(39-56)69-55/h5,7,11,13,17-18,25,28,32,34,43-45,48-56,59-64H,3-4,6,8-10,12,14-16,19-24,26-27,29-31,33,35-42H2,1-2H3/b7-5+,13-11+,18-17+,28-25+,34-32+/t43?,44-,45-,48+,49+,50?,51?,52?,53?,54-,55-/m1/s1. The highest BCUT2D eigenvalue weighted by Gasteiger charge is 2.47. The number of esters is 2. The number of rotatable bonds is 41. The second kappa shape index (κ2) is 41.6. The van der Waals surface area contributed by atoms with Crippen molar-refractivity contribution in [2.75, 3.05) is 26.4 Å². The first-order valence-corrected chi connectivity index (χ1v) is 26.9. The third-order valence-electron chi connectivity index (χ3n) is 12.5. The highest BCUT2D eigenvalue weighted by atomic mass is 16.7. The predicted molar refractivity (Wildman–Crippen MR) is 270 cm³/mol. The lowest BCUT2D eigenvalue weighted by Crippen LogP contribution is -2.61. The molecule has 0 saturated carbocycles. The van der Waals surface area contributed by atoms with Gasteiger partial charge in [0.05, 0.1) is 19.8 Å². The van der Waals surface area contributed by atoms with Crippen molar-refractivity contribution >= 4 is 11.9 Å². The van der Waals surface area contributed by atoms with Crippen LogP contribution in [0.15, 0.2) is 60.8 Å². The molecule has 5 unspecified atom stereocenters. The molecule has 2 rings (SSSR count). The smallest absolute Gasteiger partial charge is 0.306 e. The van der Waals surface area contributed by atoms with Crippen LogP contribution < -0.4 is 0 Å². The van der Waals surface area contributed by atoms with Crippen molar-refractivity contribution in [3.05, 3.63) is 60.8 Å². The van der Waals surface area contributed by atoms with Gasteiger partial charge in [0, 0.05) is 12.8 Å². The van der Waals surface area contributed by atoms with Gasteiger partial charge in [-0.25, -0.2) is 0 Å². The molecule has 2 saturated heterocycles. The van der Waals surface area contributed by atoms with Gasteiger partial charge in [-0.05, 0) is 64.2 Å². The van der Waals surface area contributed by atoms with E-state index in [0.717, 1.165) is 57.8 Å². The monoisotopic (exact) mass is 995 g/mol. The summed E-state index contributed by atoms with van der Waals surface area (Å²) >= 11 is 0. The molecule has 15 heteroatoms. The van der Waals surface area contributed by atoms with Crippen LogP contribution in [-0.4, -0.2) is 142 Å². The molecule has 2 aliphatic rings. The van der Waals surface area contributed by atoms with Crippen molar-refractivity contribution in [2.24, 2.45) is 0 Å². The predicted octanol–water partition coefficient (Wildman–Crippen LogP) is 8.05. The lowest BCUT2D eigenvalue weighted by molar-refractivity contribution is -0.332. The first-order valence-electron chi connectivity index (χ1n) is 26.9. The van der Waals surface area contributed by atoms with Gasteiger partial charge in [-0.15, -0.1) is 0 Å². The maximum absolute atomic E-state index is 13.0. The molecule has 2 heterocycles. The van der Waals surface area contributed by atoms with E-state index in [1.807, 2.05) is 12.2 Å². The zero-order chi connectivity index (χ0) is 51.0. The maximum atomic E-state index is 13.0. The zero-order valence-corrected chi connectivity index (χ0v) is 42.7. The van der Waals surface area contributed by atoms with E-state index in [0.29, 0.717) is 12.8 Å². The summed E-state index contributed by atoms with van der Waals surface area (Å²) in [5, 5.41) is 72.1. The van der Waals surface area contributed by atoms with Gasteiger partial charge in [0.25, 0.3) is 0 Å². The third kappa shape index (κ3) is 29.0. The van der Waals surface area contributed by atoms with E-state index in [-0.39, 0.29) is 19.4 Å². The molecule has 15 nitrogen and oxygen atoms in total. The van der Waals surface area contributed by atoms with E-state index in [4.69, 9.17) is 28.4 Å². The van der Waals surface area contributed by atoms with Gasteiger partial charge in [-0.2, -0.15) is 0 Å². The fourth-order valence-electron chi connectivity index (χ4n) is 8.11. The first kappa shape index (κ1) is 63.3. The molecule has 0 spiro atoms. The maximum Gasteiger partial charge on any atom is 0.306 e. The molecule has 7 N–H and O–H groups in total. The van der Waals surface area contributed by atoms with Gasteiger partial charge in [0.15, 0.2) is 18.7 Å². The Bertz CT molecular complexity index is 1450. The number of carbonyl (C=O) groups is 2. The van der Waals surface area contributed by atoms with Crippen LogP contribution in [-0.2, 0) is 38.0 Å². The summed E-state index contributed by atoms with van der Waals surface area (Å²) in [7, 11) is 0. The molecule has 0 radical (unpaired) electrons. The number of aliphatic hydroxyl groups is 7. The molecule has 2 fully saturated rings. The van der Waals surface area contributed by atoms with Crippen LogP contribution in [0.1, 0.15) is 181 Å². The molecular weight excluding hydrogens is 901 g/mol. The normalized spacial score (nSPS) is 25.8. The highest BCUT2D eigenvalue weighted by molar-refractivity contribution is 5.70. The van der Waals surface area contributed by atoms with Crippen molar-refractivity contribution < 1.29 is 73.8 Å². The number of aliphatic hydroxyl groups excluding tert-OH is 7. The van der Waals surface area contributed by atoms with Gasteiger partial charge in [-0.1, -0.05) is 164 Å². The molecule has 0 amide bonds. The van der Waals surface area contributed by atoms with Crippen molar-refractivity contribution in [3.63, 3.8) is 0 Å². The minimum Gasteiger partial charge on any atom is -0.462 e. The number of unbranched alkanes of at least 4 members (excludes halogenated alkanes) is 17. The number of carbonyl (C=O) groups excluding carboxylic acids is 2.